The molecule has 7 heteroatoms. The molecule has 0 aromatic heterocycles. The first-order valence-corrected chi connectivity index (χ1v) is 13.0. The van der Waals surface area contributed by atoms with Gasteiger partial charge < -0.3 is 16.4 Å². The Hall–Kier alpha value is -3.29. The summed E-state index contributed by atoms with van der Waals surface area (Å²) in [5.74, 6) is -1.04. The molecule has 196 valence electrons. The standard InChI is InChI=1S/C30H37FN4O2/c1-19(2)27-18-34(14-15-35(27)30(37)26(32)16-21-8-12-25(31)13-9-21)20(3)28(29(33)36)24-11-10-22-6-4-5-7-23(22)17-24/h4-13,17,19-20,26-28H,14-16,18,32H2,1-3H3,(H2,33,36). The molecule has 0 bridgehead atoms. The molecule has 4 N–H and O–H groups in total. The normalized spacial score (nSPS) is 19.1. The molecule has 0 spiro atoms. The molecule has 0 radical (unpaired) electrons. The number of carbonyl (C=O) groups excluding carboxylic acids is 2. The van der Waals surface area contributed by atoms with E-state index in [9.17, 15) is 14.0 Å². The average Bonchev–Trinajstić information content (AvgIpc) is 2.89. The molecule has 4 rings (SSSR count). The fraction of sp³-hybridized carbons (Fsp3) is 0.400. The van der Waals surface area contributed by atoms with Gasteiger partial charge in [0.25, 0.3) is 0 Å². The van der Waals surface area contributed by atoms with Crippen LogP contribution in [0.25, 0.3) is 10.8 Å². The van der Waals surface area contributed by atoms with Crippen molar-refractivity contribution in [3.63, 3.8) is 0 Å². The van der Waals surface area contributed by atoms with Crippen LogP contribution >= 0.6 is 0 Å². The molecule has 1 saturated heterocycles. The van der Waals surface area contributed by atoms with E-state index in [0.717, 1.165) is 21.9 Å². The molecule has 0 aliphatic carbocycles. The first kappa shape index (κ1) is 26.8. The Morgan fingerprint density at radius 3 is 2.30 bits per heavy atom. The highest BCUT2D eigenvalue weighted by Crippen LogP contribution is 2.29. The zero-order valence-corrected chi connectivity index (χ0v) is 21.8. The topological polar surface area (TPSA) is 92.7 Å². The first-order chi connectivity index (χ1) is 17.7. The van der Waals surface area contributed by atoms with Crippen LogP contribution in [0.15, 0.2) is 66.7 Å². The van der Waals surface area contributed by atoms with Crippen molar-refractivity contribution in [2.45, 2.75) is 51.2 Å². The van der Waals surface area contributed by atoms with Gasteiger partial charge in [-0.2, -0.15) is 0 Å². The van der Waals surface area contributed by atoms with Gasteiger partial charge in [-0.15, -0.1) is 0 Å². The Labute approximate surface area is 218 Å². The van der Waals surface area contributed by atoms with Crippen LogP contribution in [0.3, 0.4) is 0 Å². The van der Waals surface area contributed by atoms with Crippen molar-refractivity contribution in [1.29, 1.82) is 0 Å². The van der Waals surface area contributed by atoms with Gasteiger partial charge in [0, 0.05) is 31.7 Å². The number of rotatable bonds is 8. The van der Waals surface area contributed by atoms with Gasteiger partial charge in [0.2, 0.25) is 11.8 Å². The fourth-order valence-corrected chi connectivity index (χ4v) is 5.51. The maximum absolute atomic E-state index is 13.4. The van der Waals surface area contributed by atoms with Gasteiger partial charge in [0.05, 0.1) is 12.0 Å². The number of benzene rings is 3. The molecule has 0 saturated carbocycles. The summed E-state index contributed by atoms with van der Waals surface area (Å²) in [6.45, 7) is 8.01. The zero-order chi connectivity index (χ0) is 26.7. The number of hydrogen-bond donors (Lipinski definition) is 2. The van der Waals surface area contributed by atoms with Crippen LogP contribution in [0.5, 0.6) is 0 Å². The number of primary amides is 1. The van der Waals surface area contributed by atoms with Gasteiger partial charge in [0.15, 0.2) is 0 Å². The Balaban J connectivity index is 1.49. The van der Waals surface area contributed by atoms with Gasteiger partial charge in [0.1, 0.15) is 5.82 Å². The van der Waals surface area contributed by atoms with E-state index in [1.807, 2.05) is 48.2 Å². The molecule has 4 atom stereocenters. The van der Waals surface area contributed by atoms with Gasteiger partial charge in [-0.25, -0.2) is 4.39 Å². The van der Waals surface area contributed by atoms with Gasteiger partial charge in [-0.05, 0) is 53.3 Å². The minimum Gasteiger partial charge on any atom is -0.369 e. The van der Waals surface area contributed by atoms with Crippen LogP contribution in [0, 0.1) is 11.7 Å². The van der Waals surface area contributed by atoms with E-state index in [2.05, 4.69) is 24.8 Å². The molecular weight excluding hydrogens is 467 g/mol. The molecule has 1 fully saturated rings. The monoisotopic (exact) mass is 504 g/mol. The van der Waals surface area contributed by atoms with Crippen molar-refractivity contribution in [2.75, 3.05) is 19.6 Å². The van der Waals surface area contributed by atoms with Gasteiger partial charge in [-0.1, -0.05) is 68.4 Å². The molecule has 37 heavy (non-hydrogen) atoms. The van der Waals surface area contributed by atoms with Crippen molar-refractivity contribution in [3.8, 4) is 0 Å². The van der Waals surface area contributed by atoms with Crippen LogP contribution < -0.4 is 11.5 Å². The number of halogens is 1. The van der Waals surface area contributed by atoms with Crippen LogP contribution in [0.2, 0.25) is 0 Å². The summed E-state index contributed by atoms with van der Waals surface area (Å²) in [4.78, 5) is 30.2. The van der Waals surface area contributed by atoms with Gasteiger partial charge >= 0.3 is 0 Å². The summed E-state index contributed by atoms with van der Waals surface area (Å²) in [5.41, 5.74) is 14.0. The van der Waals surface area contributed by atoms with Crippen LogP contribution in [-0.4, -0.2) is 59.4 Å². The van der Waals surface area contributed by atoms with Crippen molar-refractivity contribution >= 4 is 22.6 Å². The van der Waals surface area contributed by atoms with E-state index >= 15 is 0 Å². The Bertz CT molecular complexity index is 1250. The second-order valence-corrected chi connectivity index (χ2v) is 10.5. The first-order valence-electron chi connectivity index (χ1n) is 13.0. The number of piperazine rings is 1. The largest absolute Gasteiger partial charge is 0.369 e. The summed E-state index contributed by atoms with van der Waals surface area (Å²) in [6, 6.07) is 19.3. The highest BCUT2D eigenvalue weighted by Gasteiger charge is 2.38. The smallest absolute Gasteiger partial charge is 0.240 e. The SMILES string of the molecule is CC(C)C1CN(C(C)C(C(N)=O)c2ccc3ccccc3c2)CCN1C(=O)C(N)Cc1ccc(F)cc1. The van der Waals surface area contributed by atoms with Crippen molar-refractivity contribution in [3.05, 3.63) is 83.7 Å². The van der Waals surface area contributed by atoms with E-state index in [1.54, 1.807) is 12.1 Å². The van der Waals surface area contributed by atoms with E-state index in [-0.39, 0.29) is 35.6 Å². The van der Waals surface area contributed by atoms with Crippen LogP contribution in [0.4, 0.5) is 4.39 Å². The minimum absolute atomic E-state index is 0.0481. The lowest BCUT2D eigenvalue weighted by Crippen LogP contribution is -2.62. The Morgan fingerprint density at radius 1 is 0.973 bits per heavy atom. The molecular formula is C30H37FN4O2. The van der Waals surface area contributed by atoms with E-state index < -0.39 is 12.0 Å². The second-order valence-electron chi connectivity index (χ2n) is 10.5. The average molecular weight is 505 g/mol. The predicted molar refractivity (Wildman–Crippen MR) is 145 cm³/mol. The number of nitrogens with two attached hydrogens (primary N) is 2. The molecule has 3 aromatic rings. The zero-order valence-electron chi connectivity index (χ0n) is 21.8. The Kier molecular flexibility index (Phi) is 8.25. The number of nitrogens with zero attached hydrogens (tertiary/aromatic N) is 2. The quantitative estimate of drug-likeness (QED) is 0.490. The van der Waals surface area contributed by atoms with Crippen molar-refractivity contribution in [2.24, 2.45) is 17.4 Å². The number of fused-ring (bicyclic) bond motifs is 1. The third-order valence-corrected chi connectivity index (χ3v) is 7.69. The predicted octanol–water partition coefficient (Wildman–Crippen LogP) is 3.68. The lowest BCUT2D eigenvalue weighted by Gasteiger charge is -2.47. The Morgan fingerprint density at radius 2 is 1.65 bits per heavy atom. The van der Waals surface area contributed by atoms with Crippen molar-refractivity contribution in [1.82, 2.24) is 9.80 Å². The molecule has 1 aliphatic rings. The lowest BCUT2D eigenvalue weighted by molar-refractivity contribution is -0.140. The third-order valence-electron chi connectivity index (χ3n) is 7.69. The highest BCUT2D eigenvalue weighted by atomic mass is 19.1. The number of hydrogen-bond acceptors (Lipinski definition) is 4. The second kappa shape index (κ2) is 11.4. The number of carbonyl (C=O) groups is 2. The molecule has 3 aromatic carbocycles. The fourth-order valence-electron chi connectivity index (χ4n) is 5.51. The van der Waals surface area contributed by atoms with E-state index in [1.165, 1.54) is 12.1 Å². The molecule has 4 unspecified atom stereocenters. The summed E-state index contributed by atoms with van der Waals surface area (Å²) in [7, 11) is 0. The lowest BCUT2D eigenvalue weighted by atomic mass is 9.87. The molecule has 1 aliphatic heterocycles. The maximum Gasteiger partial charge on any atom is 0.240 e. The summed E-state index contributed by atoms with van der Waals surface area (Å²) >= 11 is 0. The third kappa shape index (κ3) is 6.00. The van der Waals surface area contributed by atoms with Crippen LogP contribution in [-0.2, 0) is 16.0 Å². The molecule has 2 amide bonds. The van der Waals surface area contributed by atoms with Gasteiger partial charge in [-0.3, -0.25) is 14.5 Å². The number of amides is 2. The molecule has 6 nitrogen and oxygen atoms in total. The molecule has 1 heterocycles. The van der Waals surface area contributed by atoms with Crippen molar-refractivity contribution < 1.29 is 14.0 Å². The highest BCUT2D eigenvalue weighted by molar-refractivity contribution is 5.87. The van der Waals surface area contributed by atoms with E-state index in [0.29, 0.717) is 26.1 Å². The van der Waals surface area contributed by atoms with Crippen LogP contribution in [0.1, 0.15) is 37.8 Å². The summed E-state index contributed by atoms with van der Waals surface area (Å²) < 4.78 is 13.3. The maximum atomic E-state index is 13.4. The van der Waals surface area contributed by atoms with E-state index in [4.69, 9.17) is 11.5 Å². The summed E-state index contributed by atoms with van der Waals surface area (Å²) in [5, 5.41) is 2.19. The summed E-state index contributed by atoms with van der Waals surface area (Å²) in [6.07, 6.45) is 0.353. The minimum atomic E-state index is -0.702.